The van der Waals surface area contributed by atoms with Crippen LogP contribution in [0.1, 0.15) is 40.0 Å². The summed E-state index contributed by atoms with van der Waals surface area (Å²) in [5.41, 5.74) is -0.512. The van der Waals surface area contributed by atoms with Gasteiger partial charge in [-0.3, -0.25) is 4.79 Å². The lowest BCUT2D eigenvalue weighted by Gasteiger charge is -2.31. The minimum atomic E-state index is -0.512. The molecule has 2 fully saturated rings. The third kappa shape index (κ3) is 4.33. The maximum absolute atomic E-state index is 12.4. The number of carbonyl (C=O) groups is 2. The molecule has 1 atom stereocenters. The topological polar surface area (TPSA) is 70.1 Å². The van der Waals surface area contributed by atoms with Gasteiger partial charge in [-0.25, -0.2) is 4.79 Å². The third-order valence-electron chi connectivity index (χ3n) is 3.97. The van der Waals surface area contributed by atoms with Gasteiger partial charge in [0.15, 0.2) is 0 Å². The van der Waals surface area contributed by atoms with E-state index in [2.05, 4.69) is 0 Å². The zero-order valence-corrected chi connectivity index (χ0v) is 13.2. The molecule has 2 heterocycles. The molecule has 0 spiro atoms. The zero-order valence-electron chi connectivity index (χ0n) is 13.2. The maximum atomic E-state index is 12.4. The molecule has 6 nitrogen and oxygen atoms in total. The van der Waals surface area contributed by atoms with Gasteiger partial charge < -0.3 is 19.6 Å². The Labute approximate surface area is 126 Å². The standard InChI is InChI=1S/C15H26N2O4/c1-15(2,3)21-14(20)17-7-4-11(10-17)13(19)16-8-5-12(18)6-9-16/h11-12,18H,4-10H2,1-3H3/t11-/m1/s1. The van der Waals surface area contributed by atoms with Crippen LogP contribution in [0.25, 0.3) is 0 Å². The quantitative estimate of drug-likeness (QED) is 0.790. The summed E-state index contributed by atoms with van der Waals surface area (Å²) < 4.78 is 5.34. The molecule has 2 aliphatic rings. The number of ether oxygens (including phenoxy) is 1. The lowest BCUT2D eigenvalue weighted by molar-refractivity contribution is -0.137. The van der Waals surface area contributed by atoms with Crippen molar-refractivity contribution < 1.29 is 19.4 Å². The molecule has 0 aromatic heterocycles. The highest BCUT2D eigenvalue weighted by atomic mass is 16.6. The van der Waals surface area contributed by atoms with Crippen molar-refractivity contribution in [3.63, 3.8) is 0 Å². The number of hydrogen-bond donors (Lipinski definition) is 1. The van der Waals surface area contributed by atoms with Crippen LogP contribution in [0.2, 0.25) is 0 Å². The summed E-state index contributed by atoms with van der Waals surface area (Å²) in [4.78, 5) is 27.9. The number of carbonyl (C=O) groups excluding carboxylic acids is 2. The molecule has 1 N–H and O–H groups in total. The van der Waals surface area contributed by atoms with Gasteiger partial charge in [-0.15, -0.1) is 0 Å². The van der Waals surface area contributed by atoms with Crippen LogP contribution in [0.4, 0.5) is 4.79 Å². The van der Waals surface area contributed by atoms with Crippen molar-refractivity contribution in [1.29, 1.82) is 0 Å². The highest BCUT2D eigenvalue weighted by Gasteiger charge is 2.36. The van der Waals surface area contributed by atoms with Gasteiger partial charge in [0.25, 0.3) is 0 Å². The fourth-order valence-corrected chi connectivity index (χ4v) is 2.80. The zero-order chi connectivity index (χ0) is 15.6. The average Bonchev–Trinajstić information content (AvgIpc) is 2.86. The van der Waals surface area contributed by atoms with Crippen LogP contribution in [-0.4, -0.2) is 64.8 Å². The molecule has 21 heavy (non-hydrogen) atoms. The smallest absolute Gasteiger partial charge is 0.410 e. The van der Waals surface area contributed by atoms with Crippen molar-refractivity contribution in [2.75, 3.05) is 26.2 Å². The predicted octanol–water partition coefficient (Wildman–Crippen LogP) is 1.23. The van der Waals surface area contributed by atoms with Gasteiger partial charge in [0, 0.05) is 26.2 Å². The lowest BCUT2D eigenvalue weighted by Crippen LogP contribution is -2.44. The van der Waals surface area contributed by atoms with Crippen LogP contribution in [0, 0.1) is 5.92 Å². The Morgan fingerprint density at radius 1 is 1.05 bits per heavy atom. The van der Waals surface area contributed by atoms with Crippen LogP contribution in [0.5, 0.6) is 0 Å². The number of hydrogen-bond acceptors (Lipinski definition) is 4. The van der Waals surface area contributed by atoms with Crippen LogP contribution in [0.15, 0.2) is 0 Å². The van der Waals surface area contributed by atoms with Crippen molar-refractivity contribution in [3.05, 3.63) is 0 Å². The molecule has 6 heteroatoms. The molecular formula is C15H26N2O4. The number of aliphatic hydroxyl groups is 1. The second kappa shape index (κ2) is 6.22. The molecule has 2 rings (SSSR count). The van der Waals surface area contributed by atoms with Crippen molar-refractivity contribution >= 4 is 12.0 Å². The van der Waals surface area contributed by atoms with E-state index < -0.39 is 5.60 Å². The van der Waals surface area contributed by atoms with Crippen molar-refractivity contribution in [1.82, 2.24) is 9.80 Å². The van der Waals surface area contributed by atoms with E-state index in [1.54, 1.807) is 4.90 Å². The minimum absolute atomic E-state index is 0.105. The Hall–Kier alpha value is -1.30. The Bertz CT molecular complexity index is 397. The van der Waals surface area contributed by atoms with Crippen LogP contribution < -0.4 is 0 Å². The first kappa shape index (κ1) is 16.1. The van der Waals surface area contributed by atoms with Gasteiger partial charge in [0.2, 0.25) is 5.91 Å². The summed E-state index contributed by atoms with van der Waals surface area (Å²) in [6.07, 6.45) is 1.36. The Balaban J connectivity index is 1.84. The van der Waals surface area contributed by atoms with E-state index in [0.29, 0.717) is 45.4 Å². The molecule has 0 aromatic rings. The third-order valence-corrected chi connectivity index (χ3v) is 3.97. The van der Waals surface area contributed by atoms with E-state index in [1.165, 1.54) is 0 Å². The average molecular weight is 298 g/mol. The van der Waals surface area contributed by atoms with E-state index in [1.807, 2.05) is 25.7 Å². The van der Waals surface area contributed by atoms with Gasteiger partial charge in [0.1, 0.15) is 5.60 Å². The number of rotatable bonds is 1. The fraction of sp³-hybridized carbons (Fsp3) is 0.867. The molecule has 0 bridgehead atoms. The second-order valence-electron chi connectivity index (χ2n) is 6.97. The highest BCUT2D eigenvalue weighted by Crippen LogP contribution is 2.23. The number of piperidine rings is 1. The van der Waals surface area contributed by atoms with Crippen LogP contribution in [0.3, 0.4) is 0 Å². The van der Waals surface area contributed by atoms with E-state index in [-0.39, 0.29) is 24.0 Å². The number of likely N-dealkylation sites (tertiary alicyclic amines) is 2. The SMILES string of the molecule is CC(C)(C)OC(=O)N1CC[C@@H](C(=O)N2CCC(O)CC2)C1. The summed E-state index contributed by atoms with van der Waals surface area (Å²) >= 11 is 0. The lowest BCUT2D eigenvalue weighted by atomic mass is 10.0. The maximum Gasteiger partial charge on any atom is 0.410 e. The van der Waals surface area contributed by atoms with Gasteiger partial charge in [-0.05, 0) is 40.0 Å². The van der Waals surface area contributed by atoms with Crippen molar-refractivity contribution in [2.24, 2.45) is 5.92 Å². The molecule has 0 unspecified atom stereocenters. The molecular weight excluding hydrogens is 272 g/mol. The normalized spacial score (nSPS) is 24.3. The van der Waals surface area contributed by atoms with Crippen LogP contribution in [-0.2, 0) is 9.53 Å². The van der Waals surface area contributed by atoms with Gasteiger partial charge in [0.05, 0.1) is 12.0 Å². The molecule has 2 amide bonds. The number of nitrogens with zero attached hydrogens (tertiary/aromatic N) is 2. The van der Waals surface area contributed by atoms with E-state index in [4.69, 9.17) is 4.74 Å². The fourth-order valence-electron chi connectivity index (χ4n) is 2.80. The summed E-state index contributed by atoms with van der Waals surface area (Å²) in [6, 6.07) is 0. The summed E-state index contributed by atoms with van der Waals surface area (Å²) in [5.74, 6) is -0.0271. The molecule has 0 aliphatic carbocycles. The Morgan fingerprint density at radius 2 is 1.62 bits per heavy atom. The largest absolute Gasteiger partial charge is 0.444 e. The van der Waals surface area contributed by atoms with Crippen molar-refractivity contribution in [3.8, 4) is 0 Å². The van der Waals surface area contributed by atoms with E-state index >= 15 is 0 Å². The second-order valence-corrected chi connectivity index (χ2v) is 6.97. The predicted molar refractivity (Wildman–Crippen MR) is 77.7 cm³/mol. The first-order chi connectivity index (χ1) is 9.76. The summed E-state index contributed by atoms with van der Waals surface area (Å²) in [7, 11) is 0. The Morgan fingerprint density at radius 3 is 2.19 bits per heavy atom. The summed E-state index contributed by atoms with van der Waals surface area (Å²) in [5, 5.41) is 9.49. The van der Waals surface area contributed by atoms with E-state index in [9.17, 15) is 14.7 Å². The first-order valence-corrected chi connectivity index (χ1v) is 7.71. The molecule has 0 aromatic carbocycles. The van der Waals surface area contributed by atoms with E-state index in [0.717, 1.165) is 0 Å². The molecule has 0 radical (unpaired) electrons. The monoisotopic (exact) mass is 298 g/mol. The summed E-state index contributed by atoms with van der Waals surface area (Å²) in [6.45, 7) is 7.74. The van der Waals surface area contributed by atoms with Gasteiger partial charge in [-0.1, -0.05) is 0 Å². The molecule has 120 valence electrons. The molecule has 0 saturated carbocycles. The minimum Gasteiger partial charge on any atom is -0.444 e. The van der Waals surface area contributed by atoms with Gasteiger partial charge in [-0.2, -0.15) is 0 Å². The number of amides is 2. The highest BCUT2D eigenvalue weighted by molar-refractivity contribution is 5.80. The van der Waals surface area contributed by atoms with Crippen LogP contribution >= 0.6 is 0 Å². The Kier molecular flexibility index (Phi) is 4.76. The molecule has 2 aliphatic heterocycles. The van der Waals surface area contributed by atoms with Gasteiger partial charge >= 0.3 is 6.09 Å². The first-order valence-electron chi connectivity index (χ1n) is 7.71. The molecule has 2 saturated heterocycles. The van der Waals surface area contributed by atoms with Crippen molar-refractivity contribution in [2.45, 2.75) is 51.7 Å². The number of aliphatic hydroxyl groups excluding tert-OH is 1.